The number of rotatable bonds is 3. The monoisotopic (exact) mass is 230 g/mol. The summed E-state index contributed by atoms with van der Waals surface area (Å²) in [5.41, 5.74) is 1.50. The van der Waals surface area contributed by atoms with Crippen molar-refractivity contribution < 1.29 is 9.90 Å². The number of benzene rings is 1. The minimum atomic E-state index is -0.190. The fourth-order valence-electron chi connectivity index (χ4n) is 1.60. The Labute approximate surface area is 99.5 Å². The third kappa shape index (κ3) is 2.87. The minimum Gasteiger partial charge on any atom is -0.508 e. The predicted octanol–water partition coefficient (Wildman–Crippen LogP) is 1.66. The van der Waals surface area contributed by atoms with E-state index in [9.17, 15) is 9.90 Å². The first-order chi connectivity index (χ1) is 8.15. The highest BCUT2D eigenvalue weighted by atomic mass is 16.3. The van der Waals surface area contributed by atoms with Crippen LogP contribution in [0.4, 0.5) is 0 Å². The highest BCUT2D eigenvalue weighted by Crippen LogP contribution is 2.10. The molecule has 0 aliphatic heterocycles. The second kappa shape index (κ2) is 4.74. The second-order valence-corrected chi connectivity index (χ2v) is 3.92. The molecule has 17 heavy (non-hydrogen) atoms. The smallest absolute Gasteiger partial charge is 0.251 e. The molecule has 2 rings (SSSR count). The summed E-state index contributed by atoms with van der Waals surface area (Å²) in [5, 5.41) is 12.1. The molecule has 0 spiro atoms. The van der Waals surface area contributed by atoms with Crippen LogP contribution in [0.3, 0.4) is 0 Å². The summed E-state index contributed by atoms with van der Waals surface area (Å²) in [5.74, 6) is -0.0953. The van der Waals surface area contributed by atoms with Crippen LogP contribution < -0.4 is 5.32 Å². The number of carbonyl (C=O) groups excluding carboxylic acids is 1. The van der Waals surface area contributed by atoms with E-state index in [1.165, 1.54) is 12.1 Å². The molecule has 88 valence electrons. The van der Waals surface area contributed by atoms with Crippen LogP contribution in [0.25, 0.3) is 0 Å². The normalized spacial score (nSPS) is 10.2. The lowest BCUT2D eigenvalue weighted by Crippen LogP contribution is -2.22. The fraction of sp³-hybridized carbons (Fsp3) is 0.154. The summed E-state index contributed by atoms with van der Waals surface area (Å²) in [6.07, 6.45) is 3.87. The number of nitrogens with zero attached hydrogens (tertiary/aromatic N) is 1. The molecule has 1 aromatic carbocycles. The van der Waals surface area contributed by atoms with Gasteiger partial charge in [-0.3, -0.25) is 4.79 Å². The number of hydrogen-bond donors (Lipinski definition) is 2. The Balaban J connectivity index is 1.98. The molecule has 0 aliphatic rings. The molecule has 0 aliphatic carbocycles. The van der Waals surface area contributed by atoms with E-state index in [0.717, 1.165) is 5.56 Å². The maximum absolute atomic E-state index is 11.7. The Hall–Kier alpha value is -2.23. The number of hydrogen-bond acceptors (Lipinski definition) is 2. The van der Waals surface area contributed by atoms with Crippen LogP contribution in [0.2, 0.25) is 0 Å². The molecule has 0 saturated carbocycles. The number of amides is 1. The van der Waals surface area contributed by atoms with Crippen molar-refractivity contribution in [3.05, 3.63) is 53.9 Å². The van der Waals surface area contributed by atoms with E-state index < -0.39 is 0 Å². The molecule has 0 atom stereocenters. The molecule has 0 radical (unpaired) electrons. The zero-order valence-electron chi connectivity index (χ0n) is 9.55. The van der Waals surface area contributed by atoms with Gasteiger partial charge in [-0.2, -0.15) is 0 Å². The number of aromatic nitrogens is 1. The van der Waals surface area contributed by atoms with E-state index in [0.29, 0.717) is 12.1 Å². The predicted molar refractivity (Wildman–Crippen MR) is 64.7 cm³/mol. The fourth-order valence-corrected chi connectivity index (χ4v) is 1.60. The Bertz CT molecular complexity index is 532. The number of nitrogens with one attached hydrogen (secondary N) is 1. The third-order valence-corrected chi connectivity index (χ3v) is 2.45. The van der Waals surface area contributed by atoms with E-state index in [1.807, 2.05) is 30.1 Å². The minimum absolute atomic E-state index is 0.0948. The molecule has 2 N–H and O–H groups in total. The first-order valence-corrected chi connectivity index (χ1v) is 5.33. The maximum atomic E-state index is 11.7. The van der Waals surface area contributed by atoms with Crippen molar-refractivity contribution in [2.75, 3.05) is 0 Å². The standard InChI is InChI=1S/C13H14N2O2/c1-15-6-5-10(9-15)8-14-13(17)11-3-2-4-12(16)7-11/h2-7,9,16H,8H2,1H3,(H,14,17). The van der Waals surface area contributed by atoms with Crippen LogP contribution >= 0.6 is 0 Å². The zero-order valence-corrected chi connectivity index (χ0v) is 9.55. The van der Waals surface area contributed by atoms with Gasteiger partial charge in [-0.1, -0.05) is 6.07 Å². The van der Waals surface area contributed by atoms with Crippen LogP contribution in [0.1, 0.15) is 15.9 Å². The van der Waals surface area contributed by atoms with E-state index in [2.05, 4.69) is 5.32 Å². The van der Waals surface area contributed by atoms with Crippen molar-refractivity contribution in [1.29, 1.82) is 0 Å². The van der Waals surface area contributed by atoms with Crippen LogP contribution in [0.5, 0.6) is 5.75 Å². The Morgan fingerprint density at radius 1 is 1.41 bits per heavy atom. The lowest BCUT2D eigenvalue weighted by atomic mass is 10.2. The molecule has 4 nitrogen and oxygen atoms in total. The van der Waals surface area contributed by atoms with Gasteiger partial charge in [0.25, 0.3) is 5.91 Å². The first-order valence-electron chi connectivity index (χ1n) is 5.33. The van der Waals surface area contributed by atoms with Gasteiger partial charge in [0.2, 0.25) is 0 Å². The molecule has 1 aromatic heterocycles. The average molecular weight is 230 g/mol. The number of phenolic OH excluding ortho intramolecular Hbond substituents is 1. The summed E-state index contributed by atoms with van der Waals surface area (Å²) < 4.78 is 1.93. The molecular weight excluding hydrogens is 216 g/mol. The first kappa shape index (κ1) is 11.3. The van der Waals surface area contributed by atoms with Gasteiger partial charge in [0.15, 0.2) is 0 Å². The van der Waals surface area contributed by atoms with Gasteiger partial charge in [-0.15, -0.1) is 0 Å². The van der Waals surface area contributed by atoms with Crippen LogP contribution in [-0.2, 0) is 13.6 Å². The van der Waals surface area contributed by atoms with Crippen LogP contribution in [-0.4, -0.2) is 15.6 Å². The summed E-state index contributed by atoms with van der Waals surface area (Å²) in [6.45, 7) is 0.481. The molecule has 4 heteroatoms. The van der Waals surface area contributed by atoms with Crippen molar-refractivity contribution in [1.82, 2.24) is 9.88 Å². The summed E-state index contributed by atoms with van der Waals surface area (Å²) in [4.78, 5) is 11.7. The molecule has 2 aromatic rings. The van der Waals surface area contributed by atoms with Crippen molar-refractivity contribution in [2.24, 2.45) is 7.05 Å². The Kier molecular flexibility index (Phi) is 3.14. The van der Waals surface area contributed by atoms with Gasteiger partial charge in [0.1, 0.15) is 5.75 Å². The van der Waals surface area contributed by atoms with E-state index in [-0.39, 0.29) is 11.7 Å². The highest BCUT2D eigenvalue weighted by Gasteiger charge is 2.05. The Morgan fingerprint density at radius 2 is 2.24 bits per heavy atom. The zero-order chi connectivity index (χ0) is 12.3. The van der Waals surface area contributed by atoms with Gasteiger partial charge in [0.05, 0.1) is 0 Å². The summed E-state index contributed by atoms with van der Waals surface area (Å²) in [7, 11) is 1.93. The molecule has 0 bridgehead atoms. The Morgan fingerprint density at radius 3 is 2.88 bits per heavy atom. The SMILES string of the molecule is Cn1ccc(CNC(=O)c2cccc(O)c2)c1. The highest BCUT2D eigenvalue weighted by molar-refractivity contribution is 5.94. The van der Waals surface area contributed by atoms with Gasteiger partial charge in [0, 0.05) is 31.5 Å². The van der Waals surface area contributed by atoms with E-state index in [1.54, 1.807) is 12.1 Å². The van der Waals surface area contributed by atoms with Gasteiger partial charge < -0.3 is 15.0 Å². The average Bonchev–Trinajstić information content (AvgIpc) is 2.72. The lowest BCUT2D eigenvalue weighted by Gasteiger charge is -2.04. The van der Waals surface area contributed by atoms with E-state index in [4.69, 9.17) is 0 Å². The quantitative estimate of drug-likeness (QED) is 0.842. The number of phenols is 1. The summed E-state index contributed by atoms with van der Waals surface area (Å²) in [6, 6.07) is 8.24. The third-order valence-electron chi connectivity index (χ3n) is 2.45. The van der Waals surface area contributed by atoms with E-state index >= 15 is 0 Å². The summed E-state index contributed by atoms with van der Waals surface area (Å²) >= 11 is 0. The molecular formula is C13H14N2O2. The van der Waals surface area contributed by atoms with Crippen molar-refractivity contribution in [2.45, 2.75) is 6.54 Å². The van der Waals surface area contributed by atoms with Crippen molar-refractivity contribution in [3.8, 4) is 5.75 Å². The number of aromatic hydroxyl groups is 1. The largest absolute Gasteiger partial charge is 0.508 e. The molecule has 0 saturated heterocycles. The molecule has 1 amide bonds. The second-order valence-electron chi connectivity index (χ2n) is 3.92. The van der Waals surface area contributed by atoms with Gasteiger partial charge in [-0.25, -0.2) is 0 Å². The van der Waals surface area contributed by atoms with Crippen molar-refractivity contribution >= 4 is 5.91 Å². The topological polar surface area (TPSA) is 54.3 Å². The van der Waals surface area contributed by atoms with Crippen molar-refractivity contribution in [3.63, 3.8) is 0 Å². The lowest BCUT2D eigenvalue weighted by molar-refractivity contribution is 0.0950. The maximum Gasteiger partial charge on any atom is 0.251 e. The number of carbonyl (C=O) groups is 1. The molecule has 0 unspecified atom stereocenters. The van der Waals surface area contributed by atoms with Crippen LogP contribution in [0.15, 0.2) is 42.7 Å². The molecule has 0 fully saturated rings. The van der Waals surface area contributed by atoms with Gasteiger partial charge in [-0.05, 0) is 29.8 Å². The van der Waals surface area contributed by atoms with Crippen LogP contribution in [0, 0.1) is 0 Å². The molecule has 1 heterocycles. The number of aryl methyl sites for hydroxylation is 1. The van der Waals surface area contributed by atoms with Gasteiger partial charge >= 0.3 is 0 Å².